The van der Waals surface area contributed by atoms with Crippen LogP contribution in [0.5, 0.6) is 0 Å². The van der Waals surface area contributed by atoms with Crippen molar-refractivity contribution < 1.29 is 12.8 Å². The normalized spacial score (nSPS) is 11.7. The topological polar surface area (TPSA) is 59.3 Å². The van der Waals surface area contributed by atoms with E-state index in [4.69, 9.17) is 4.42 Å². The van der Waals surface area contributed by atoms with E-state index in [0.717, 1.165) is 26.4 Å². The van der Waals surface area contributed by atoms with E-state index < -0.39 is 10.0 Å². The summed E-state index contributed by atoms with van der Waals surface area (Å²) in [5.74, 6) is 0.0133. The van der Waals surface area contributed by atoms with Crippen LogP contribution in [-0.4, -0.2) is 15.0 Å². The van der Waals surface area contributed by atoms with Gasteiger partial charge in [0.1, 0.15) is 0 Å². The van der Waals surface area contributed by atoms with Crippen molar-refractivity contribution >= 4 is 21.4 Å². The molecule has 0 atom stereocenters. The van der Waals surface area contributed by atoms with Gasteiger partial charge in [-0.1, -0.05) is 29.8 Å². The standard InChI is InChI=1S/C18H19NO3S2/c1-14-3-2-4-15(11-14)13-24(20,21)19-9-7-17-5-6-18(23-17)16-8-10-22-12-16/h2-6,8,10-12,19H,7,9,13H2,1H3. The Bertz CT molecular complexity index is 896. The van der Waals surface area contributed by atoms with Gasteiger partial charge in [-0.15, -0.1) is 11.3 Å². The van der Waals surface area contributed by atoms with Crippen molar-refractivity contribution in [1.29, 1.82) is 0 Å². The number of hydrogen-bond donors (Lipinski definition) is 1. The molecule has 3 rings (SSSR count). The van der Waals surface area contributed by atoms with Gasteiger partial charge in [-0.25, -0.2) is 13.1 Å². The largest absolute Gasteiger partial charge is 0.472 e. The fraction of sp³-hybridized carbons (Fsp3) is 0.222. The Morgan fingerprint density at radius 2 is 2.04 bits per heavy atom. The first kappa shape index (κ1) is 17.0. The number of hydrogen-bond acceptors (Lipinski definition) is 4. The molecule has 0 radical (unpaired) electrons. The van der Waals surface area contributed by atoms with Gasteiger partial charge in [-0.3, -0.25) is 0 Å². The number of benzene rings is 1. The molecule has 6 heteroatoms. The number of rotatable bonds is 7. The van der Waals surface area contributed by atoms with Crippen LogP contribution < -0.4 is 4.72 Å². The van der Waals surface area contributed by atoms with Crippen LogP contribution in [-0.2, 0) is 22.2 Å². The molecule has 4 nitrogen and oxygen atoms in total. The maximum absolute atomic E-state index is 12.2. The van der Waals surface area contributed by atoms with Crippen molar-refractivity contribution in [2.75, 3.05) is 6.54 Å². The second kappa shape index (κ2) is 7.34. The third-order valence-electron chi connectivity index (χ3n) is 3.60. The molecule has 126 valence electrons. The summed E-state index contributed by atoms with van der Waals surface area (Å²) in [6.07, 6.45) is 4.03. The summed E-state index contributed by atoms with van der Waals surface area (Å²) < 4.78 is 32.1. The molecule has 0 bridgehead atoms. The van der Waals surface area contributed by atoms with E-state index >= 15 is 0 Å². The summed E-state index contributed by atoms with van der Waals surface area (Å²) in [4.78, 5) is 2.27. The highest BCUT2D eigenvalue weighted by molar-refractivity contribution is 7.88. The molecule has 2 heterocycles. The molecule has 0 aliphatic rings. The fourth-order valence-electron chi connectivity index (χ4n) is 2.47. The van der Waals surface area contributed by atoms with Crippen molar-refractivity contribution in [2.45, 2.75) is 19.1 Å². The van der Waals surface area contributed by atoms with Gasteiger partial charge in [0, 0.05) is 21.9 Å². The number of furan rings is 1. The van der Waals surface area contributed by atoms with Crippen LogP contribution in [0, 0.1) is 6.92 Å². The molecule has 0 aliphatic carbocycles. The molecule has 24 heavy (non-hydrogen) atoms. The Hall–Kier alpha value is -1.89. The van der Waals surface area contributed by atoms with Gasteiger partial charge < -0.3 is 4.42 Å². The molecule has 0 saturated carbocycles. The van der Waals surface area contributed by atoms with Gasteiger partial charge in [0.25, 0.3) is 0 Å². The maximum Gasteiger partial charge on any atom is 0.215 e. The van der Waals surface area contributed by atoms with Crippen LogP contribution in [0.25, 0.3) is 10.4 Å². The summed E-state index contributed by atoms with van der Waals surface area (Å²) in [5.41, 5.74) is 2.92. The lowest BCUT2D eigenvalue weighted by molar-refractivity contribution is 0.568. The summed E-state index contributed by atoms with van der Waals surface area (Å²) in [5, 5.41) is 0. The predicted molar refractivity (Wildman–Crippen MR) is 97.5 cm³/mol. The average Bonchev–Trinajstić information content (AvgIpc) is 3.17. The zero-order chi connectivity index (χ0) is 17.0. The van der Waals surface area contributed by atoms with Crippen LogP contribution in [0.15, 0.2) is 59.4 Å². The van der Waals surface area contributed by atoms with Crippen LogP contribution in [0.3, 0.4) is 0 Å². The molecule has 0 spiro atoms. The SMILES string of the molecule is Cc1cccc(CS(=O)(=O)NCCc2ccc(-c3ccoc3)s2)c1. The first-order chi connectivity index (χ1) is 11.5. The van der Waals surface area contributed by atoms with Gasteiger partial charge in [0.05, 0.1) is 18.3 Å². The quantitative estimate of drug-likeness (QED) is 0.692. The van der Waals surface area contributed by atoms with Crippen LogP contribution in [0.4, 0.5) is 0 Å². The Kier molecular flexibility index (Phi) is 5.18. The van der Waals surface area contributed by atoms with Gasteiger partial charge in [-0.05, 0) is 37.1 Å². The highest BCUT2D eigenvalue weighted by Gasteiger charge is 2.11. The van der Waals surface area contributed by atoms with Crippen LogP contribution >= 0.6 is 11.3 Å². The highest BCUT2D eigenvalue weighted by Crippen LogP contribution is 2.28. The molecule has 1 aromatic carbocycles. The second-order valence-corrected chi connectivity index (χ2v) is 8.65. The first-order valence-electron chi connectivity index (χ1n) is 7.66. The summed E-state index contributed by atoms with van der Waals surface area (Å²) in [6, 6.07) is 13.5. The zero-order valence-corrected chi connectivity index (χ0v) is 15.0. The minimum atomic E-state index is -3.32. The Balaban J connectivity index is 1.54. The molecule has 0 unspecified atom stereocenters. The highest BCUT2D eigenvalue weighted by atomic mass is 32.2. The Morgan fingerprint density at radius 1 is 1.17 bits per heavy atom. The van der Waals surface area contributed by atoms with Crippen molar-refractivity contribution in [3.63, 3.8) is 0 Å². The Labute approximate surface area is 146 Å². The van der Waals surface area contributed by atoms with Crippen LogP contribution in [0.1, 0.15) is 16.0 Å². The summed E-state index contributed by atoms with van der Waals surface area (Å²) >= 11 is 1.65. The smallest absolute Gasteiger partial charge is 0.215 e. The number of thiophene rings is 1. The van der Waals surface area contributed by atoms with E-state index in [1.807, 2.05) is 49.4 Å². The second-order valence-electron chi connectivity index (χ2n) is 5.67. The van der Waals surface area contributed by atoms with E-state index in [2.05, 4.69) is 4.72 Å². The van der Waals surface area contributed by atoms with E-state index in [1.54, 1.807) is 23.9 Å². The average molecular weight is 361 g/mol. The molecule has 0 saturated heterocycles. The molecule has 0 aliphatic heterocycles. The number of nitrogens with one attached hydrogen (secondary N) is 1. The molecular formula is C18H19NO3S2. The number of sulfonamides is 1. The Morgan fingerprint density at radius 3 is 2.79 bits per heavy atom. The third-order valence-corrected chi connectivity index (χ3v) is 6.15. The third kappa shape index (κ3) is 4.56. The molecule has 1 N–H and O–H groups in total. The van der Waals surface area contributed by atoms with Crippen molar-refractivity contribution in [1.82, 2.24) is 4.72 Å². The maximum atomic E-state index is 12.2. The van der Waals surface area contributed by atoms with Crippen molar-refractivity contribution in [2.24, 2.45) is 0 Å². The summed E-state index contributed by atoms with van der Waals surface area (Å²) in [7, 11) is -3.32. The van der Waals surface area contributed by atoms with Gasteiger partial charge in [0.2, 0.25) is 10.0 Å². The van der Waals surface area contributed by atoms with E-state index in [1.165, 1.54) is 0 Å². The first-order valence-corrected chi connectivity index (χ1v) is 10.1. The monoisotopic (exact) mass is 361 g/mol. The van der Waals surface area contributed by atoms with Gasteiger partial charge in [-0.2, -0.15) is 0 Å². The lowest BCUT2D eigenvalue weighted by Crippen LogP contribution is -2.27. The lowest BCUT2D eigenvalue weighted by atomic mass is 10.2. The molecule has 2 aromatic heterocycles. The van der Waals surface area contributed by atoms with Crippen molar-refractivity contribution in [3.8, 4) is 10.4 Å². The van der Waals surface area contributed by atoms with E-state index in [-0.39, 0.29) is 5.75 Å². The lowest BCUT2D eigenvalue weighted by Gasteiger charge is -2.07. The van der Waals surface area contributed by atoms with Crippen LogP contribution in [0.2, 0.25) is 0 Å². The molecule has 3 aromatic rings. The van der Waals surface area contributed by atoms with Crippen molar-refractivity contribution in [3.05, 3.63) is 71.0 Å². The zero-order valence-electron chi connectivity index (χ0n) is 13.4. The van der Waals surface area contributed by atoms with E-state index in [9.17, 15) is 8.42 Å². The van der Waals surface area contributed by atoms with Gasteiger partial charge >= 0.3 is 0 Å². The van der Waals surface area contributed by atoms with E-state index in [0.29, 0.717) is 13.0 Å². The molecular weight excluding hydrogens is 342 g/mol. The minimum Gasteiger partial charge on any atom is -0.472 e. The number of aryl methyl sites for hydroxylation is 1. The fourth-order valence-corrected chi connectivity index (χ4v) is 4.60. The molecule has 0 fully saturated rings. The minimum absolute atomic E-state index is 0.0133. The van der Waals surface area contributed by atoms with Gasteiger partial charge in [0.15, 0.2) is 0 Å². The summed E-state index contributed by atoms with van der Waals surface area (Å²) in [6.45, 7) is 2.36. The molecule has 0 amide bonds. The predicted octanol–water partition coefficient (Wildman–Crippen LogP) is 3.98.